The van der Waals surface area contributed by atoms with Gasteiger partial charge in [-0.05, 0) is 25.1 Å². The van der Waals surface area contributed by atoms with Crippen LogP contribution in [0.3, 0.4) is 0 Å². The molecular weight excluding hydrogens is 296 g/mol. The molecule has 1 amide bonds. The number of halogens is 1. The Morgan fingerprint density at radius 2 is 2.45 bits per heavy atom. The van der Waals surface area contributed by atoms with E-state index in [1.165, 1.54) is 0 Å². The van der Waals surface area contributed by atoms with Crippen molar-refractivity contribution in [2.24, 2.45) is 0 Å². The molecule has 20 heavy (non-hydrogen) atoms. The zero-order valence-corrected chi connectivity index (χ0v) is 13.0. The van der Waals surface area contributed by atoms with Crippen LogP contribution in [0.5, 0.6) is 5.75 Å². The number of anilines is 1. The zero-order chi connectivity index (χ0) is 14.4. The number of ether oxygens (including phenoxy) is 1. The zero-order valence-electron chi connectivity index (χ0n) is 11.4. The predicted octanol–water partition coefficient (Wildman–Crippen LogP) is 2.77. The van der Waals surface area contributed by atoms with Gasteiger partial charge in [0, 0.05) is 35.5 Å². The first-order valence-electron chi connectivity index (χ1n) is 6.72. The molecule has 1 heterocycles. The number of hydrogen-bond donors (Lipinski definition) is 2. The molecule has 1 unspecified atom stereocenters. The van der Waals surface area contributed by atoms with E-state index in [4.69, 9.17) is 16.3 Å². The van der Waals surface area contributed by atoms with Crippen LogP contribution in [0.4, 0.5) is 5.69 Å². The summed E-state index contributed by atoms with van der Waals surface area (Å²) in [6, 6.07) is 5.48. The van der Waals surface area contributed by atoms with E-state index in [1.807, 2.05) is 18.7 Å². The lowest BCUT2D eigenvalue weighted by Gasteiger charge is -2.22. The highest BCUT2D eigenvalue weighted by atomic mass is 35.5. The molecule has 0 bridgehead atoms. The molecule has 0 saturated carbocycles. The lowest BCUT2D eigenvalue weighted by Crippen LogP contribution is -2.39. The minimum atomic E-state index is -0.0202. The monoisotopic (exact) mass is 314 g/mol. The van der Waals surface area contributed by atoms with Gasteiger partial charge in [0.25, 0.3) is 0 Å². The van der Waals surface area contributed by atoms with Crippen LogP contribution in [0, 0.1) is 0 Å². The van der Waals surface area contributed by atoms with Crippen LogP contribution in [-0.2, 0) is 4.79 Å². The Kier molecular flexibility index (Phi) is 6.01. The van der Waals surface area contributed by atoms with Crippen molar-refractivity contribution in [3.05, 3.63) is 23.2 Å². The number of benzene rings is 1. The fourth-order valence-electron chi connectivity index (χ4n) is 2.06. The molecule has 1 saturated heterocycles. The summed E-state index contributed by atoms with van der Waals surface area (Å²) in [6.45, 7) is 3.42. The van der Waals surface area contributed by atoms with Crippen molar-refractivity contribution in [1.82, 2.24) is 5.32 Å². The van der Waals surface area contributed by atoms with Gasteiger partial charge >= 0.3 is 0 Å². The summed E-state index contributed by atoms with van der Waals surface area (Å²) in [7, 11) is 0. The SMILES string of the molecule is CCOc1ccc(Cl)cc1NC(=O)CC1CSCCN1. The number of hydrogen-bond acceptors (Lipinski definition) is 4. The lowest BCUT2D eigenvalue weighted by molar-refractivity contribution is -0.116. The number of carbonyl (C=O) groups is 1. The smallest absolute Gasteiger partial charge is 0.226 e. The molecule has 1 aromatic rings. The standard InChI is InChI=1S/C14H19ClN2O2S/c1-2-19-13-4-3-10(15)7-12(13)17-14(18)8-11-9-20-6-5-16-11/h3-4,7,11,16H,2,5-6,8-9H2,1H3,(H,17,18). The molecule has 1 atom stereocenters. The van der Waals surface area contributed by atoms with E-state index in [9.17, 15) is 4.79 Å². The van der Waals surface area contributed by atoms with Gasteiger partial charge in [-0.25, -0.2) is 0 Å². The van der Waals surface area contributed by atoms with Crippen LogP contribution in [-0.4, -0.2) is 36.6 Å². The maximum Gasteiger partial charge on any atom is 0.226 e. The molecule has 1 fully saturated rings. The topological polar surface area (TPSA) is 50.4 Å². The fraction of sp³-hybridized carbons (Fsp3) is 0.500. The lowest BCUT2D eigenvalue weighted by atomic mass is 10.2. The van der Waals surface area contributed by atoms with E-state index in [0.29, 0.717) is 29.5 Å². The highest BCUT2D eigenvalue weighted by Gasteiger charge is 2.17. The molecule has 2 rings (SSSR count). The van der Waals surface area contributed by atoms with Crippen molar-refractivity contribution in [1.29, 1.82) is 0 Å². The normalized spacial score (nSPS) is 18.6. The summed E-state index contributed by atoms with van der Waals surface area (Å²) >= 11 is 7.85. The van der Waals surface area contributed by atoms with Gasteiger partial charge in [0.05, 0.1) is 12.3 Å². The molecule has 6 heteroatoms. The Bertz CT molecular complexity index is 464. The van der Waals surface area contributed by atoms with Crippen molar-refractivity contribution >= 4 is 35.0 Å². The second-order valence-electron chi connectivity index (χ2n) is 4.55. The van der Waals surface area contributed by atoms with Crippen LogP contribution < -0.4 is 15.4 Å². The van der Waals surface area contributed by atoms with Crippen molar-refractivity contribution in [3.8, 4) is 5.75 Å². The molecule has 0 radical (unpaired) electrons. The fourth-order valence-corrected chi connectivity index (χ4v) is 3.18. The highest BCUT2D eigenvalue weighted by Crippen LogP contribution is 2.28. The van der Waals surface area contributed by atoms with Gasteiger partial charge < -0.3 is 15.4 Å². The quantitative estimate of drug-likeness (QED) is 0.877. The minimum absolute atomic E-state index is 0.0202. The molecule has 4 nitrogen and oxygen atoms in total. The number of thioether (sulfide) groups is 1. The van der Waals surface area contributed by atoms with Crippen LogP contribution >= 0.6 is 23.4 Å². The van der Waals surface area contributed by atoms with Crippen LogP contribution in [0.15, 0.2) is 18.2 Å². The third-order valence-electron chi connectivity index (χ3n) is 2.95. The first-order chi connectivity index (χ1) is 9.69. The summed E-state index contributed by atoms with van der Waals surface area (Å²) in [4.78, 5) is 12.1. The van der Waals surface area contributed by atoms with E-state index >= 15 is 0 Å². The number of carbonyl (C=O) groups excluding carboxylic acids is 1. The average molecular weight is 315 g/mol. The average Bonchev–Trinajstić information content (AvgIpc) is 2.43. The van der Waals surface area contributed by atoms with Gasteiger partial charge in [-0.2, -0.15) is 11.8 Å². The molecule has 110 valence electrons. The van der Waals surface area contributed by atoms with Crippen molar-refractivity contribution < 1.29 is 9.53 Å². The molecular formula is C14H19ClN2O2S. The summed E-state index contributed by atoms with van der Waals surface area (Å²) in [5.41, 5.74) is 0.632. The third-order valence-corrected chi connectivity index (χ3v) is 4.31. The summed E-state index contributed by atoms with van der Waals surface area (Å²) in [6.07, 6.45) is 0.463. The van der Waals surface area contributed by atoms with Crippen molar-refractivity contribution in [2.45, 2.75) is 19.4 Å². The third kappa shape index (κ3) is 4.58. The van der Waals surface area contributed by atoms with Gasteiger partial charge in [0.15, 0.2) is 0 Å². The Labute approximate surface area is 128 Å². The van der Waals surface area contributed by atoms with E-state index in [0.717, 1.165) is 18.1 Å². The second kappa shape index (κ2) is 7.76. The molecule has 0 aromatic heterocycles. The van der Waals surface area contributed by atoms with Gasteiger partial charge in [0.1, 0.15) is 5.75 Å². The number of nitrogens with one attached hydrogen (secondary N) is 2. The summed E-state index contributed by atoms with van der Waals surface area (Å²) in [5.74, 6) is 2.71. The molecule has 0 spiro atoms. The van der Waals surface area contributed by atoms with Gasteiger partial charge in [-0.15, -0.1) is 0 Å². The van der Waals surface area contributed by atoms with E-state index in [2.05, 4.69) is 10.6 Å². The summed E-state index contributed by atoms with van der Waals surface area (Å²) in [5, 5.41) is 6.81. The van der Waals surface area contributed by atoms with Gasteiger partial charge in [-0.1, -0.05) is 11.6 Å². The Morgan fingerprint density at radius 3 is 3.15 bits per heavy atom. The van der Waals surface area contributed by atoms with E-state index in [-0.39, 0.29) is 11.9 Å². The van der Waals surface area contributed by atoms with Crippen molar-refractivity contribution in [2.75, 3.05) is 30.0 Å². The Hall–Kier alpha value is -0.910. The first-order valence-corrected chi connectivity index (χ1v) is 8.25. The molecule has 1 aliphatic heterocycles. The second-order valence-corrected chi connectivity index (χ2v) is 6.14. The van der Waals surface area contributed by atoms with Gasteiger partial charge in [0.2, 0.25) is 5.91 Å². The molecule has 2 N–H and O–H groups in total. The maximum absolute atomic E-state index is 12.1. The Balaban J connectivity index is 1.97. The maximum atomic E-state index is 12.1. The highest BCUT2D eigenvalue weighted by molar-refractivity contribution is 7.99. The minimum Gasteiger partial charge on any atom is -0.492 e. The molecule has 0 aliphatic carbocycles. The van der Waals surface area contributed by atoms with E-state index in [1.54, 1.807) is 18.2 Å². The number of rotatable bonds is 5. The predicted molar refractivity (Wildman–Crippen MR) is 85.0 cm³/mol. The van der Waals surface area contributed by atoms with Crippen molar-refractivity contribution in [3.63, 3.8) is 0 Å². The largest absolute Gasteiger partial charge is 0.492 e. The van der Waals surface area contributed by atoms with Crippen LogP contribution in [0.25, 0.3) is 0 Å². The van der Waals surface area contributed by atoms with Crippen LogP contribution in [0.1, 0.15) is 13.3 Å². The molecule has 1 aromatic carbocycles. The summed E-state index contributed by atoms with van der Waals surface area (Å²) < 4.78 is 5.49. The van der Waals surface area contributed by atoms with Gasteiger partial charge in [-0.3, -0.25) is 4.79 Å². The molecule has 1 aliphatic rings. The Morgan fingerprint density at radius 1 is 1.60 bits per heavy atom. The number of amides is 1. The van der Waals surface area contributed by atoms with Crippen LogP contribution in [0.2, 0.25) is 5.02 Å². The first kappa shape index (κ1) is 15.5. The van der Waals surface area contributed by atoms with E-state index < -0.39 is 0 Å².